The Morgan fingerprint density at radius 3 is 3.12 bits per heavy atom. The van der Waals surface area contributed by atoms with Crippen LogP contribution in [0.3, 0.4) is 0 Å². The second kappa shape index (κ2) is 5.74. The number of aryl methyl sites for hydroxylation is 1. The molecule has 1 saturated heterocycles. The van der Waals surface area contributed by atoms with Gasteiger partial charge >= 0.3 is 0 Å². The number of pyridine rings is 1. The molecule has 0 amide bonds. The molecule has 0 bridgehead atoms. The van der Waals surface area contributed by atoms with E-state index in [1.165, 1.54) is 17.9 Å². The van der Waals surface area contributed by atoms with Crippen LogP contribution in [-0.2, 0) is 6.54 Å². The number of nitrogens with two attached hydrogens (primary N) is 1. The van der Waals surface area contributed by atoms with Gasteiger partial charge in [0.15, 0.2) is 0 Å². The van der Waals surface area contributed by atoms with Gasteiger partial charge in [-0.15, -0.1) is 0 Å². The van der Waals surface area contributed by atoms with Crippen molar-refractivity contribution < 1.29 is 0 Å². The summed E-state index contributed by atoms with van der Waals surface area (Å²) >= 11 is 2.09. The van der Waals surface area contributed by atoms with Crippen LogP contribution in [0.5, 0.6) is 0 Å². The van der Waals surface area contributed by atoms with Gasteiger partial charge in [-0.25, -0.2) is 0 Å². The molecule has 1 aromatic heterocycles. The lowest BCUT2D eigenvalue weighted by molar-refractivity contribution is 0.723. The van der Waals surface area contributed by atoms with Crippen molar-refractivity contribution in [3.8, 4) is 0 Å². The molecule has 1 fully saturated rings. The zero-order valence-corrected chi connectivity index (χ0v) is 11.5. The highest BCUT2D eigenvalue weighted by molar-refractivity contribution is 8.00. The Labute approximate surface area is 108 Å². The number of hydrogen-bond donors (Lipinski definition) is 1. The third-order valence-electron chi connectivity index (χ3n) is 3.25. The average Bonchev–Trinajstić information content (AvgIpc) is 2.39. The summed E-state index contributed by atoms with van der Waals surface area (Å²) < 4.78 is 0. The smallest absolute Gasteiger partial charge is 0.0446 e. The minimum Gasteiger partial charge on any atom is -0.369 e. The zero-order chi connectivity index (χ0) is 12.3. The van der Waals surface area contributed by atoms with Gasteiger partial charge in [0, 0.05) is 53.8 Å². The summed E-state index contributed by atoms with van der Waals surface area (Å²) in [6.07, 6.45) is 3.16. The van der Waals surface area contributed by atoms with Gasteiger partial charge in [-0.05, 0) is 19.4 Å². The van der Waals surface area contributed by atoms with Gasteiger partial charge in [0.25, 0.3) is 0 Å². The molecule has 17 heavy (non-hydrogen) atoms. The van der Waals surface area contributed by atoms with Crippen LogP contribution in [0.25, 0.3) is 0 Å². The van der Waals surface area contributed by atoms with Crippen molar-refractivity contribution in [2.45, 2.75) is 32.1 Å². The molecule has 2 heterocycles. The molecule has 1 unspecified atom stereocenters. The second-order valence-corrected chi connectivity index (χ2v) is 5.91. The lowest BCUT2D eigenvalue weighted by Gasteiger charge is -2.34. The van der Waals surface area contributed by atoms with Crippen LogP contribution < -0.4 is 10.6 Å². The van der Waals surface area contributed by atoms with Crippen molar-refractivity contribution in [1.29, 1.82) is 0 Å². The summed E-state index contributed by atoms with van der Waals surface area (Å²) in [7, 11) is 0. The fraction of sp³-hybridized carbons (Fsp3) is 0.615. The van der Waals surface area contributed by atoms with Gasteiger partial charge in [0.1, 0.15) is 0 Å². The van der Waals surface area contributed by atoms with Crippen LogP contribution in [-0.4, -0.2) is 29.1 Å². The molecule has 0 spiro atoms. The fourth-order valence-electron chi connectivity index (χ4n) is 2.21. The normalized spacial score (nSPS) is 20.6. The summed E-state index contributed by atoms with van der Waals surface area (Å²) in [6, 6.07) is 2.17. The Bertz CT molecular complexity index is 381. The molecule has 2 N–H and O–H groups in total. The summed E-state index contributed by atoms with van der Waals surface area (Å²) in [5.74, 6) is 1.21. The molecule has 0 aromatic carbocycles. The summed E-state index contributed by atoms with van der Waals surface area (Å²) in [6.45, 7) is 7.14. The van der Waals surface area contributed by atoms with Crippen molar-refractivity contribution in [3.63, 3.8) is 0 Å². The molecular formula is C13H21N3S. The fourth-order valence-corrected chi connectivity index (χ4v) is 3.39. The number of thioether (sulfide) groups is 1. The van der Waals surface area contributed by atoms with E-state index in [0.717, 1.165) is 29.6 Å². The SMILES string of the molecule is CCC1CN(c2cc(C)ncc2CN)CCS1. The Hall–Kier alpha value is -0.740. The molecule has 3 nitrogen and oxygen atoms in total. The lowest BCUT2D eigenvalue weighted by atomic mass is 10.1. The Morgan fingerprint density at radius 1 is 1.59 bits per heavy atom. The van der Waals surface area contributed by atoms with E-state index in [4.69, 9.17) is 5.73 Å². The molecule has 0 aliphatic carbocycles. The molecule has 0 saturated carbocycles. The van der Waals surface area contributed by atoms with Crippen LogP contribution in [0.4, 0.5) is 5.69 Å². The van der Waals surface area contributed by atoms with E-state index in [2.05, 4.69) is 34.6 Å². The van der Waals surface area contributed by atoms with Crippen LogP contribution in [0.15, 0.2) is 12.3 Å². The first-order chi connectivity index (χ1) is 8.24. The molecule has 1 aliphatic heterocycles. The van der Waals surface area contributed by atoms with E-state index in [0.29, 0.717) is 6.54 Å². The van der Waals surface area contributed by atoms with Crippen LogP contribution in [0, 0.1) is 6.92 Å². The molecule has 2 rings (SSSR count). The maximum absolute atomic E-state index is 5.80. The quantitative estimate of drug-likeness (QED) is 0.894. The van der Waals surface area contributed by atoms with Crippen molar-refractivity contribution in [3.05, 3.63) is 23.5 Å². The molecule has 1 aromatic rings. The standard InChI is InChI=1S/C13H21N3S/c1-3-12-9-16(4-5-17-12)13-6-10(2)15-8-11(13)7-14/h6,8,12H,3-5,7,9,14H2,1-2H3. The molecule has 94 valence electrons. The van der Waals surface area contributed by atoms with Crippen molar-refractivity contribution in [2.24, 2.45) is 5.73 Å². The van der Waals surface area contributed by atoms with E-state index < -0.39 is 0 Å². The van der Waals surface area contributed by atoms with Gasteiger partial charge in [0.2, 0.25) is 0 Å². The van der Waals surface area contributed by atoms with E-state index in [1.807, 2.05) is 13.1 Å². The molecule has 1 atom stereocenters. The summed E-state index contributed by atoms with van der Waals surface area (Å²) in [5.41, 5.74) is 9.33. The minimum atomic E-state index is 0.572. The Balaban J connectivity index is 2.22. The van der Waals surface area contributed by atoms with Gasteiger partial charge in [-0.1, -0.05) is 6.92 Å². The highest BCUT2D eigenvalue weighted by atomic mass is 32.2. The molecule has 4 heteroatoms. The predicted octanol–water partition coefficient (Wildman–Crippen LogP) is 2.18. The lowest BCUT2D eigenvalue weighted by Crippen LogP contribution is -2.38. The second-order valence-electron chi connectivity index (χ2n) is 4.51. The van der Waals surface area contributed by atoms with Crippen molar-refractivity contribution >= 4 is 17.4 Å². The maximum atomic E-state index is 5.80. The molecule has 0 radical (unpaired) electrons. The number of hydrogen-bond acceptors (Lipinski definition) is 4. The minimum absolute atomic E-state index is 0.572. The van der Waals surface area contributed by atoms with Gasteiger partial charge < -0.3 is 10.6 Å². The first kappa shape index (κ1) is 12.7. The first-order valence-corrected chi connectivity index (χ1v) is 7.31. The van der Waals surface area contributed by atoms with Crippen LogP contribution in [0.2, 0.25) is 0 Å². The highest BCUT2D eigenvalue weighted by Gasteiger charge is 2.20. The third kappa shape index (κ3) is 2.93. The predicted molar refractivity (Wildman–Crippen MR) is 75.6 cm³/mol. The third-order valence-corrected chi connectivity index (χ3v) is 4.63. The van der Waals surface area contributed by atoms with E-state index in [-0.39, 0.29) is 0 Å². The monoisotopic (exact) mass is 251 g/mol. The van der Waals surface area contributed by atoms with Crippen LogP contribution in [0.1, 0.15) is 24.6 Å². The first-order valence-electron chi connectivity index (χ1n) is 6.26. The van der Waals surface area contributed by atoms with Gasteiger partial charge in [0.05, 0.1) is 0 Å². The Morgan fingerprint density at radius 2 is 2.41 bits per heavy atom. The number of anilines is 1. The maximum Gasteiger partial charge on any atom is 0.0446 e. The van der Waals surface area contributed by atoms with Gasteiger partial charge in [-0.3, -0.25) is 4.98 Å². The number of aromatic nitrogens is 1. The van der Waals surface area contributed by atoms with Crippen molar-refractivity contribution in [2.75, 3.05) is 23.7 Å². The number of nitrogens with zero attached hydrogens (tertiary/aromatic N) is 2. The Kier molecular flexibility index (Phi) is 4.29. The van der Waals surface area contributed by atoms with E-state index in [1.54, 1.807) is 0 Å². The van der Waals surface area contributed by atoms with E-state index >= 15 is 0 Å². The van der Waals surface area contributed by atoms with Gasteiger partial charge in [-0.2, -0.15) is 11.8 Å². The topological polar surface area (TPSA) is 42.2 Å². The summed E-state index contributed by atoms with van der Waals surface area (Å²) in [5, 5.41) is 0.753. The van der Waals surface area contributed by atoms with Crippen molar-refractivity contribution in [1.82, 2.24) is 4.98 Å². The molecular weight excluding hydrogens is 230 g/mol. The number of rotatable bonds is 3. The van der Waals surface area contributed by atoms with Crippen LogP contribution >= 0.6 is 11.8 Å². The van der Waals surface area contributed by atoms with E-state index in [9.17, 15) is 0 Å². The largest absolute Gasteiger partial charge is 0.369 e. The highest BCUT2D eigenvalue weighted by Crippen LogP contribution is 2.28. The average molecular weight is 251 g/mol. The zero-order valence-electron chi connectivity index (χ0n) is 10.6. The molecule has 1 aliphatic rings. The summed E-state index contributed by atoms with van der Waals surface area (Å²) in [4.78, 5) is 6.81.